The zero-order valence-electron chi connectivity index (χ0n) is 21.8. The van der Waals surface area contributed by atoms with Gasteiger partial charge in [0.25, 0.3) is 5.56 Å². The first-order chi connectivity index (χ1) is 18.1. The SMILES string of the molecule is CC(=NC#N)c1cc(-c2c3c(=O)n(C)c(=O)n(CC(C)C)c3nn2Cc2c[nH]c3ccc(Cl)cc23)n(C)c1. The van der Waals surface area contributed by atoms with E-state index in [0.29, 0.717) is 46.2 Å². The van der Waals surface area contributed by atoms with E-state index in [-0.39, 0.29) is 5.92 Å². The van der Waals surface area contributed by atoms with Gasteiger partial charge in [-0.2, -0.15) is 15.4 Å². The summed E-state index contributed by atoms with van der Waals surface area (Å²) in [5.41, 5.74) is 3.96. The Labute approximate surface area is 223 Å². The van der Waals surface area contributed by atoms with E-state index >= 15 is 0 Å². The largest absolute Gasteiger partial charge is 0.361 e. The molecule has 10 nitrogen and oxygen atoms in total. The van der Waals surface area contributed by atoms with Crippen molar-refractivity contribution >= 4 is 39.2 Å². The van der Waals surface area contributed by atoms with Crippen LogP contribution in [0.1, 0.15) is 31.9 Å². The molecular weight excluding hydrogens is 504 g/mol. The van der Waals surface area contributed by atoms with Gasteiger partial charge in [0.1, 0.15) is 11.1 Å². The number of aryl methyl sites for hydroxylation is 1. The van der Waals surface area contributed by atoms with Crippen LogP contribution in [0.2, 0.25) is 5.02 Å². The molecule has 38 heavy (non-hydrogen) atoms. The molecule has 5 aromatic rings. The number of hydrogen-bond donors (Lipinski definition) is 1. The Kier molecular flexibility index (Phi) is 6.33. The number of H-pyrrole nitrogens is 1. The van der Waals surface area contributed by atoms with Crippen LogP contribution in [0.3, 0.4) is 0 Å². The Morgan fingerprint density at radius 3 is 2.71 bits per heavy atom. The first-order valence-corrected chi connectivity index (χ1v) is 12.5. The van der Waals surface area contributed by atoms with Gasteiger partial charge in [0, 0.05) is 54.5 Å². The number of benzene rings is 1. The number of aliphatic imine (C=N–C) groups is 1. The van der Waals surface area contributed by atoms with E-state index < -0.39 is 11.2 Å². The number of rotatable bonds is 6. The highest BCUT2D eigenvalue weighted by Gasteiger charge is 2.25. The third-order valence-electron chi connectivity index (χ3n) is 6.71. The highest BCUT2D eigenvalue weighted by Crippen LogP contribution is 2.30. The van der Waals surface area contributed by atoms with E-state index in [1.54, 1.807) is 16.2 Å². The molecule has 11 heteroatoms. The molecule has 4 aromatic heterocycles. The van der Waals surface area contributed by atoms with Crippen molar-refractivity contribution < 1.29 is 0 Å². The number of halogens is 1. The van der Waals surface area contributed by atoms with E-state index in [9.17, 15) is 9.59 Å². The van der Waals surface area contributed by atoms with Gasteiger partial charge in [-0.05, 0) is 42.7 Å². The zero-order valence-corrected chi connectivity index (χ0v) is 22.5. The molecule has 0 fully saturated rings. The second-order valence-electron chi connectivity index (χ2n) is 9.88. The van der Waals surface area contributed by atoms with Crippen molar-refractivity contribution in [3.8, 4) is 17.6 Å². The highest BCUT2D eigenvalue weighted by atomic mass is 35.5. The van der Waals surface area contributed by atoms with Crippen LogP contribution >= 0.6 is 11.6 Å². The van der Waals surface area contributed by atoms with E-state index in [0.717, 1.165) is 26.6 Å². The quantitative estimate of drug-likeness (QED) is 0.263. The van der Waals surface area contributed by atoms with E-state index in [1.165, 1.54) is 7.05 Å². The predicted octanol–water partition coefficient (Wildman–Crippen LogP) is 4.03. The van der Waals surface area contributed by atoms with Gasteiger partial charge < -0.3 is 9.55 Å². The summed E-state index contributed by atoms with van der Waals surface area (Å²) in [6.07, 6.45) is 5.58. The van der Waals surface area contributed by atoms with Crippen LogP contribution < -0.4 is 11.2 Å². The summed E-state index contributed by atoms with van der Waals surface area (Å²) in [5.74, 6) is 0.157. The van der Waals surface area contributed by atoms with E-state index in [4.69, 9.17) is 22.0 Å². The lowest BCUT2D eigenvalue weighted by Crippen LogP contribution is -2.38. The Morgan fingerprint density at radius 1 is 1.24 bits per heavy atom. The maximum atomic E-state index is 13.6. The molecule has 0 unspecified atom stereocenters. The number of aromatic nitrogens is 6. The van der Waals surface area contributed by atoms with Gasteiger partial charge in [-0.3, -0.25) is 18.6 Å². The van der Waals surface area contributed by atoms with Gasteiger partial charge in [-0.15, -0.1) is 0 Å². The van der Waals surface area contributed by atoms with E-state index in [1.807, 2.05) is 68.3 Å². The lowest BCUT2D eigenvalue weighted by molar-refractivity contribution is 0.498. The fourth-order valence-corrected chi connectivity index (χ4v) is 5.02. The standard InChI is InChI=1S/C27H27ClN8O2/c1-15(2)11-35-25-23(26(37)34(5)27(35)38)24(22-8-17(12-33(22)4)16(3)31-14-29)36(32-25)13-18-10-30-21-7-6-19(28)9-20(18)21/h6-10,12,15,30H,11,13H2,1-5H3. The van der Waals surface area contributed by atoms with Gasteiger partial charge in [0.05, 0.1) is 18.0 Å². The number of fused-ring (bicyclic) bond motifs is 2. The Balaban J connectivity index is 1.85. The van der Waals surface area contributed by atoms with Gasteiger partial charge in [0.2, 0.25) is 6.19 Å². The first kappa shape index (κ1) is 25.3. The zero-order chi connectivity index (χ0) is 27.3. The van der Waals surface area contributed by atoms with Crippen molar-refractivity contribution in [2.45, 2.75) is 33.9 Å². The summed E-state index contributed by atoms with van der Waals surface area (Å²) >= 11 is 6.29. The molecule has 4 heterocycles. The molecular formula is C27H27ClN8O2. The summed E-state index contributed by atoms with van der Waals surface area (Å²) < 4.78 is 6.35. The minimum atomic E-state index is -0.418. The van der Waals surface area contributed by atoms with Crippen LogP contribution in [0.5, 0.6) is 0 Å². The van der Waals surface area contributed by atoms with Crippen molar-refractivity contribution in [3.63, 3.8) is 0 Å². The monoisotopic (exact) mass is 530 g/mol. The average Bonchev–Trinajstić information content (AvgIpc) is 3.56. The second-order valence-corrected chi connectivity index (χ2v) is 10.3. The summed E-state index contributed by atoms with van der Waals surface area (Å²) in [7, 11) is 3.35. The van der Waals surface area contributed by atoms with Crippen LogP contribution in [-0.2, 0) is 27.2 Å². The minimum absolute atomic E-state index is 0.157. The third-order valence-corrected chi connectivity index (χ3v) is 6.94. The molecule has 0 aliphatic rings. The van der Waals surface area contributed by atoms with Gasteiger partial charge in [-0.1, -0.05) is 25.4 Å². The first-order valence-electron chi connectivity index (χ1n) is 12.2. The van der Waals surface area contributed by atoms with Gasteiger partial charge in [0.15, 0.2) is 5.65 Å². The van der Waals surface area contributed by atoms with Crippen LogP contribution in [0, 0.1) is 17.4 Å². The highest BCUT2D eigenvalue weighted by molar-refractivity contribution is 6.31. The van der Waals surface area contributed by atoms with Crippen LogP contribution in [0.15, 0.2) is 51.2 Å². The maximum Gasteiger partial charge on any atom is 0.332 e. The normalized spacial score (nSPS) is 12.2. The van der Waals surface area contributed by atoms with Gasteiger partial charge >= 0.3 is 5.69 Å². The van der Waals surface area contributed by atoms with Crippen molar-refractivity contribution in [2.24, 2.45) is 25.0 Å². The van der Waals surface area contributed by atoms with Crippen molar-refractivity contribution in [1.82, 2.24) is 28.5 Å². The Hall–Kier alpha value is -4.36. The Morgan fingerprint density at radius 2 is 2.00 bits per heavy atom. The molecule has 0 aliphatic heterocycles. The minimum Gasteiger partial charge on any atom is -0.361 e. The molecule has 0 bridgehead atoms. The fourth-order valence-electron chi connectivity index (χ4n) is 4.85. The molecule has 0 amide bonds. The molecule has 0 radical (unpaired) electrons. The van der Waals surface area contributed by atoms with Crippen molar-refractivity contribution in [2.75, 3.05) is 0 Å². The molecule has 5 rings (SSSR count). The molecule has 194 valence electrons. The predicted molar refractivity (Wildman–Crippen MR) is 149 cm³/mol. The summed E-state index contributed by atoms with van der Waals surface area (Å²) in [4.78, 5) is 33.9. The third kappa shape index (κ3) is 4.15. The molecule has 0 saturated carbocycles. The van der Waals surface area contributed by atoms with Crippen molar-refractivity contribution in [3.05, 3.63) is 73.6 Å². The summed E-state index contributed by atoms with van der Waals surface area (Å²) in [5, 5.41) is 15.8. The molecule has 0 saturated heterocycles. The molecule has 0 atom stereocenters. The Bertz CT molecular complexity index is 1910. The summed E-state index contributed by atoms with van der Waals surface area (Å²) in [6.45, 7) is 6.52. The second kappa shape index (κ2) is 9.50. The average molecular weight is 531 g/mol. The number of aromatic amines is 1. The van der Waals surface area contributed by atoms with Crippen LogP contribution in [0.25, 0.3) is 33.3 Å². The lowest BCUT2D eigenvalue weighted by Gasteiger charge is -2.11. The topological polar surface area (TPSA) is 119 Å². The van der Waals surface area contributed by atoms with Gasteiger partial charge in [-0.25, -0.2) is 4.79 Å². The lowest BCUT2D eigenvalue weighted by atomic mass is 10.1. The summed E-state index contributed by atoms with van der Waals surface area (Å²) in [6, 6.07) is 7.51. The van der Waals surface area contributed by atoms with E-state index in [2.05, 4.69) is 9.98 Å². The maximum absolute atomic E-state index is 13.6. The number of nitriles is 1. The smallest absolute Gasteiger partial charge is 0.332 e. The number of hydrogen-bond acceptors (Lipinski definition) is 5. The number of nitrogens with zero attached hydrogens (tertiary/aromatic N) is 7. The molecule has 0 spiro atoms. The molecule has 0 aliphatic carbocycles. The fraction of sp³-hybridized carbons (Fsp3) is 0.296. The van der Waals surface area contributed by atoms with Crippen LogP contribution in [0.4, 0.5) is 0 Å². The molecule has 1 N–H and O–H groups in total. The number of nitrogens with one attached hydrogen (secondary N) is 1. The molecule has 1 aromatic carbocycles. The van der Waals surface area contributed by atoms with Crippen LogP contribution in [-0.4, -0.2) is 34.2 Å². The van der Waals surface area contributed by atoms with Crippen molar-refractivity contribution in [1.29, 1.82) is 5.26 Å².